The molecule has 0 radical (unpaired) electrons. The number of hydrogen-bond donors (Lipinski definition) is 0. The molecule has 0 heterocycles. The summed E-state index contributed by atoms with van der Waals surface area (Å²) in [6.07, 6.45) is 3.97. The van der Waals surface area contributed by atoms with Crippen LogP contribution in [0.25, 0.3) is 0 Å². The van der Waals surface area contributed by atoms with Gasteiger partial charge in [0.05, 0.1) is 0 Å². The first kappa shape index (κ1) is 10.8. The summed E-state index contributed by atoms with van der Waals surface area (Å²) in [5.74, 6) is 3.36. The van der Waals surface area contributed by atoms with Crippen molar-refractivity contribution in [1.82, 2.24) is 0 Å². The molecule has 0 aromatic rings. The lowest BCUT2D eigenvalue weighted by Crippen LogP contribution is -2.13. The van der Waals surface area contributed by atoms with E-state index in [1.54, 1.807) is 5.57 Å². The molecule has 1 aliphatic rings. The van der Waals surface area contributed by atoms with E-state index in [0.717, 1.165) is 23.7 Å². The van der Waals surface area contributed by atoms with Crippen molar-refractivity contribution in [3.8, 4) is 0 Å². The Morgan fingerprint density at radius 1 is 1.31 bits per heavy atom. The first-order valence-electron chi connectivity index (χ1n) is 5.80. The normalized spacial score (nSPS) is 34.5. The standard InChI is InChI=1S/C13H24/c1-6-11-8-13(9(3)4)12(7-2)10(11)5/h9,11-13H,5-8H2,1-4H3. The van der Waals surface area contributed by atoms with E-state index in [4.69, 9.17) is 0 Å². The lowest BCUT2D eigenvalue weighted by molar-refractivity contribution is 0.302. The average molecular weight is 180 g/mol. The van der Waals surface area contributed by atoms with E-state index < -0.39 is 0 Å². The van der Waals surface area contributed by atoms with E-state index in [1.807, 2.05) is 0 Å². The van der Waals surface area contributed by atoms with Gasteiger partial charge in [0, 0.05) is 0 Å². The molecule has 0 amide bonds. The molecule has 13 heavy (non-hydrogen) atoms. The summed E-state index contributed by atoms with van der Waals surface area (Å²) < 4.78 is 0. The zero-order valence-corrected chi connectivity index (χ0v) is 9.64. The SMILES string of the molecule is C=C1C(CC)CC(C(C)C)C1CC. The van der Waals surface area contributed by atoms with Crippen molar-refractivity contribution in [2.24, 2.45) is 23.7 Å². The summed E-state index contributed by atoms with van der Waals surface area (Å²) in [6, 6.07) is 0. The molecule has 0 N–H and O–H groups in total. The van der Waals surface area contributed by atoms with Crippen LogP contribution in [0, 0.1) is 23.7 Å². The molecule has 1 saturated carbocycles. The molecule has 0 nitrogen and oxygen atoms in total. The van der Waals surface area contributed by atoms with Crippen molar-refractivity contribution in [2.45, 2.75) is 47.0 Å². The fraction of sp³-hybridized carbons (Fsp3) is 0.846. The van der Waals surface area contributed by atoms with Gasteiger partial charge >= 0.3 is 0 Å². The fourth-order valence-corrected chi connectivity index (χ4v) is 2.95. The minimum Gasteiger partial charge on any atom is -0.0993 e. The van der Waals surface area contributed by atoms with E-state index in [9.17, 15) is 0 Å². The van der Waals surface area contributed by atoms with Gasteiger partial charge in [0.25, 0.3) is 0 Å². The van der Waals surface area contributed by atoms with Crippen molar-refractivity contribution in [3.63, 3.8) is 0 Å². The molecule has 0 aromatic carbocycles. The second kappa shape index (κ2) is 4.30. The third kappa shape index (κ3) is 1.98. The zero-order chi connectivity index (χ0) is 10.0. The van der Waals surface area contributed by atoms with E-state index in [-0.39, 0.29) is 0 Å². The summed E-state index contributed by atoms with van der Waals surface area (Å²) in [5, 5.41) is 0. The largest absolute Gasteiger partial charge is 0.0993 e. The molecular formula is C13H24. The topological polar surface area (TPSA) is 0 Å². The second-order valence-corrected chi connectivity index (χ2v) is 4.84. The van der Waals surface area contributed by atoms with E-state index >= 15 is 0 Å². The van der Waals surface area contributed by atoms with Crippen molar-refractivity contribution in [3.05, 3.63) is 12.2 Å². The third-order valence-electron chi connectivity index (χ3n) is 3.86. The smallest absolute Gasteiger partial charge is 0.0175 e. The van der Waals surface area contributed by atoms with Crippen LogP contribution < -0.4 is 0 Å². The van der Waals surface area contributed by atoms with Crippen LogP contribution in [-0.4, -0.2) is 0 Å². The summed E-state index contributed by atoms with van der Waals surface area (Å²) in [4.78, 5) is 0. The molecule has 1 fully saturated rings. The Morgan fingerprint density at radius 3 is 2.23 bits per heavy atom. The monoisotopic (exact) mass is 180 g/mol. The molecule has 0 aliphatic heterocycles. The van der Waals surface area contributed by atoms with Crippen LogP contribution in [0.5, 0.6) is 0 Å². The Kier molecular flexibility index (Phi) is 3.58. The van der Waals surface area contributed by atoms with Gasteiger partial charge in [0.2, 0.25) is 0 Å². The van der Waals surface area contributed by atoms with Gasteiger partial charge in [-0.25, -0.2) is 0 Å². The maximum Gasteiger partial charge on any atom is -0.0175 e. The quantitative estimate of drug-likeness (QED) is 0.569. The van der Waals surface area contributed by atoms with Crippen LogP contribution in [0.3, 0.4) is 0 Å². The molecule has 0 aromatic heterocycles. The fourth-order valence-electron chi connectivity index (χ4n) is 2.95. The maximum atomic E-state index is 4.29. The summed E-state index contributed by atoms with van der Waals surface area (Å²) >= 11 is 0. The highest BCUT2D eigenvalue weighted by molar-refractivity contribution is 5.14. The molecule has 1 aliphatic carbocycles. The van der Waals surface area contributed by atoms with Crippen LogP contribution in [0.1, 0.15) is 47.0 Å². The molecule has 0 saturated heterocycles. The number of hydrogen-bond acceptors (Lipinski definition) is 0. The highest BCUT2D eigenvalue weighted by atomic mass is 14.4. The molecule has 76 valence electrons. The molecule has 3 unspecified atom stereocenters. The summed E-state index contributed by atoms with van der Waals surface area (Å²) in [7, 11) is 0. The van der Waals surface area contributed by atoms with Gasteiger partial charge in [0.1, 0.15) is 0 Å². The summed E-state index contributed by atoms with van der Waals surface area (Å²) in [6.45, 7) is 13.6. The molecule has 3 atom stereocenters. The highest BCUT2D eigenvalue weighted by Crippen LogP contribution is 2.46. The van der Waals surface area contributed by atoms with Crippen molar-refractivity contribution in [1.29, 1.82) is 0 Å². The predicted octanol–water partition coefficient (Wildman–Crippen LogP) is 4.27. The predicted molar refractivity (Wildman–Crippen MR) is 59.6 cm³/mol. The third-order valence-corrected chi connectivity index (χ3v) is 3.86. The summed E-state index contributed by atoms with van der Waals surface area (Å²) in [5.41, 5.74) is 1.55. The lowest BCUT2D eigenvalue weighted by atomic mass is 9.83. The van der Waals surface area contributed by atoms with Gasteiger partial charge in [-0.15, -0.1) is 0 Å². The van der Waals surface area contributed by atoms with Gasteiger partial charge in [-0.1, -0.05) is 39.8 Å². The van der Waals surface area contributed by atoms with Crippen molar-refractivity contribution in [2.75, 3.05) is 0 Å². The molecule has 0 heteroatoms. The molecule has 1 rings (SSSR count). The van der Waals surface area contributed by atoms with Crippen molar-refractivity contribution < 1.29 is 0 Å². The first-order valence-corrected chi connectivity index (χ1v) is 5.80. The molecular weight excluding hydrogens is 156 g/mol. The number of rotatable bonds is 3. The van der Waals surface area contributed by atoms with E-state index in [2.05, 4.69) is 34.3 Å². The number of allylic oxidation sites excluding steroid dienone is 1. The van der Waals surface area contributed by atoms with Crippen LogP contribution in [-0.2, 0) is 0 Å². The Bertz CT molecular complexity index is 178. The molecule has 0 bridgehead atoms. The first-order chi connectivity index (χ1) is 6.11. The maximum absolute atomic E-state index is 4.29. The minimum absolute atomic E-state index is 0.810. The van der Waals surface area contributed by atoms with Crippen LogP contribution in [0.2, 0.25) is 0 Å². The minimum atomic E-state index is 0.810. The van der Waals surface area contributed by atoms with Crippen LogP contribution >= 0.6 is 0 Å². The van der Waals surface area contributed by atoms with Gasteiger partial charge in [-0.2, -0.15) is 0 Å². The Balaban J connectivity index is 2.72. The highest BCUT2D eigenvalue weighted by Gasteiger charge is 2.36. The van der Waals surface area contributed by atoms with E-state index in [0.29, 0.717) is 0 Å². The zero-order valence-electron chi connectivity index (χ0n) is 9.64. The van der Waals surface area contributed by atoms with Crippen LogP contribution in [0.15, 0.2) is 12.2 Å². The van der Waals surface area contributed by atoms with Crippen LogP contribution in [0.4, 0.5) is 0 Å². The Labute approximate surface area is 83.4 Å². The Hall–Kier alpha value is -0.260. The van der Waals surface area contributed by atoms with Gasteiger partial charge in [0.15, 0.2) is 0 Å². The van der Waals surface area contributed by atoms with E-state index in [1.165, 1.54) is 19.3 Å². The van der Waals surface area contributed by atoms with Gasteiger partial charge < -0.3 is 0 Å². The van der Waals surface area contributed by atoms with Gasteiger partial charge in [-0.05, 0) is 42.9 Å². The molecule has 0 spiro atoms. The lowest BCUT2D eigenvalue weighted by Gasteiger charge is -2.22. The Morgan fingerprint density at radius 2 is 1.92 bits per heavy atom. The average Bonchev–Trinajstić information content (AvgIpc) is 2.42. The van der Waals surface area contributed by atoms with Crippen molar-refractivity contribution >= 4 is 0 Å². The second-order valence-electron chi connectivity index (χ2n) is 4.84. The van der Waals surface area contributed by atoms with Gasteiger partial charge in [-0.3, -0.25) is 0 Å².